The van der Waals surface area contributed by atoms with E-state index in [9.17, 15) is 13.2 Å². The maximum atomic E-state index is 12.6. The third kappa shape index (κ3) is 4.23. The molecule has 0 spiro atoms. The van der Waals surface area contributed by atoms with Gasteiger partial charge in [0.15, 0.2) is 0 Å². The molecule has 1 aromatic heterocycles. The average molecular weight is 332 g/mol. The Bertz CT molecular complexity index is 691. The molecular weight excluding hydrogens is 313 g/mol. The second-order valence-electron chi connectivity index (χ2n) is 5.97. The van der Waals surface area contributed by atoms with Crippen LogP contribution in [0.3, 0.4) is 0 Å². The van der Waals surface area contributed by atoms with Gasteiger partial charge in [0.2, 0.25) is 0 Å². The van der Waals surface area contributed by atoms with Gasteiger partial charge in [-0.1, -0.05) is 24.3 Å². The van der Waals surface area contributed by atoms with Crippen molar-refractivity contribution in [1.29, 1.82) is 0 Å². The van der Waals surface area contributed by atoms with E-state index in [1.807, 2.05) is 12.3 Å². The molecule has 0 fully saturated rings. The van der Waals surface area contributed by atoms with Crippen LogP contribution in [0.4, 0.5) is 13.2 Å². The van der Waals surface area contributed by atoms with Gasteiger partial charge in [-0.15, -0.1) is 0 Å². The summed E-state index contributed by atoms with van der Waals surface area (Å²) < 4.78 is 37.8. The first kappa shape index (κ1) is 16.7. The molecule has 0 N–H and O–H groups in total. The number of rotatable bonds is 4. The summed E-state index contributed by atoms with van der Waals surface area (Å²) >= 11 is 0. The van der Waals surface area contributed by atoms with Crippen molar-refractivity contribution in [3.8, 4) is 0 Å². The van der Waals surface area contributed by atoms with Gasteiger partial charge in [-0.2, -0.15) is 13.2 Å². The number of halogens is 3. The van der Waals surface area contributed by atoms with Crippen LogP contribution in [-0.4, -0.2) is 29.5 Å². The van der Waals surface area contributed by atoms with Gasteiger partial charge in [-0.3, -0.25) is 9.88 Å². The molecule has 126 valence electrons. The Balaban J connectivity index is 1.57. The molecule has 1 aliphatic rings. The molecule has 1 aromatic carbocycles. The van der Waals surface area contributed by atoms with Crippen molar-refractivity contribution in [2.24, 2.45) is 0 Å². The lowest BCUT2D eigenvalue weighted by atomic mass is 9.98. The topological polar surface area (TPSA) is 16.1 Å². The molecule has 2 nitrogen and oxygen atoms in total. The maximum Gasteiger partial charge on any atom is 0.416 e. The van der Waals surface area contributed by atoms with Crippen LogP contribution in [0.25, 0.3) is 5.57 Å². The summed E-state index contributed by atoms with van der Waals surface area (Å²) in [6.45, 7) is 2.71. The predicted octanol–water partition coefficient (Wildman–Crippen LogP) is 4.43. The van der Waals surface area contributed by atoms with Crippen LogP contribution in [0.15, 0.2) is 54.9 Å². The molecule has 0 aliphatic carbocycles. The molecular formula is C19H19F3N2. The molecule has 1 aliphatic heterocycles. The Morgan fingerprint density at radius 3 is 2.46 bits per heavy atom. The number of benzene rings is 1. The van der Waals surface area contributed by atoms with Crippen molar-refractivity contribution in [3.05, 3.63) is 71.6 Å². The largest absolute Gasteiger partial charge is 0.416 e. The van der Waals surface area contributed by atoms with E-state index in [-0.39, 0.29) is 0 Å². The SMILES string of the molecule is FC(F)(F)c1ccc(C2=CCN(CCc3cccnc3)CC2)cc1. The number of aromatic nitrogens is 1. The first-order chi connectivity index (χ1) is 11.5. The standard InChI is InChI=1S/C19H19F3N2/c20-19(21,22)18-5-3-16(4-6-18)17-8-12-24(13-9-17)11-7-15-2-1-10-23-14-15/h1-6,8,10,14H,7,9,11-13H2. The summed E-state index contributed by atoms with van der Waals surface area (Å²) in [4.78, 5) is 6.46. The van der Waals surface area contributed by atoms with Gasteiger partial charge in [-0.05, 0) is 47.7 Å². The lowest BCUT2D eigenvalue weighted by Crippen LogP contribution is -2.30. The van der Waals surface area contributed by atoms with Gasteiger partial charge in [0.05, 0.1) is 5.56 Å². The Hall–Kier alpha value is -2.14. The molecule has 24 heavy (non-hydrogen) atoms. The van der Waals surface area contributed by atoms with Crippen LogP contribution >= 0.6 is 0 Å². The fraction of sp³-hybridized carbons (Fsp3) is 0.316. The van der Waals surface area contributed by atoms with Crippen LogP contribution in [0.5, 0.6) is 0 Å². The minimum Gasteiger partial charge on any atom is -0.299 e. The Labute approximate surface area is 139 Å². The van der Waals surface area contributed by atoms with Crippen molar-refractivity contribution in [3.63, 3.8) is 0 Å². The first-order valence-corrected chi connectivity index (χ1v) is 8.00. The molecule has 5 heteroatoms. The second kappa shape index (κ2) is 7.18. The van der Waals surface area contributed by atoms with Gasteiger partial charge in [-0.25, -0.2) is 0 Å². The summed E-state index contributed by atoms with van der Waals surface area (Å²) in [5.41, 5.74) is 2.63. The zero-order valence-corrected chi connectivity index (χ0v) is 13.3. The number of nitrogens with zero attached hydrogens (tertiary/aromatic N) is 2. The number of hydrogen-bond acceptors (Lipinski definition) is 2. The molecule has 2 aromatic rings. The van der Waals surface area contributed by atoms with Crippen LogP contribution in [0.1, 0.15) is 23.1 Å². The van der Waals surface area contributed by atoms with Crippen molar-refractivity contribution in [2.45, 2.75) is 19.0 Å². The Kier molecular flexibility index (Phi) is 5.00. The summed E-state index contributed by atoms with van der Waals surface area (Å²) in [6, 6.07) is 9.46. The smallest absolute Gasteiger partial charge is 0.299 e. The summed E-state index contributed by atoms with van der Waals surface area (Å²) in [5.74, 6) is 0. The Morgan fingerprint density at radius 1 is 1.08 bits per heavy atom. The van der Waals surface area contributed by atoms with Crippen molar-refractivity contribution in [2.75, 3.05) is 19.6 Å². The molecule has 0 saturated carbocycles. The minimum atomic E-state index is -4.28. The monoisotopic (exact) mass is 332 g/mol. The molecule has 2 heterocycles. The third-order valence-electron chi connectivity index (χ3n) is 4.32. The van der Waals surface area contributed by atoms with E-state index in [1.165, 1.54) is 5.56 Å². The Morgan fingerprint density at radius 2 is 1.88 bits per heavy atom. The zero-order valence-electron chi connectivity index (χ0n) is 13.3. The predicted molar refractivity (Wildman–Crippen MR) is 88.4 cm³/mol. The highest BCUT2D eigenvalue weighted by Crippen LogP contribution is 2.31. The van der Waals surface area contributed by atoms with Crippen LogP contribution < -0.4 is 0 Å². The molecule has 0 amide bonds. The molecule has 0 bridgehead atoms. The first-order valence-electron chi connectivity index (χ1n) is 8.00. The van der Waals surface area contributed by atoms with Crippen LogP contribution in [0.2, 0.25) is 0 Å². The lowest BCUT2D eigenvalue weighted by molar-refractivity contribution is -0.137. The highest BCUT2D eigenvalue weighted by atomic mass is 19.4. The van der Waals surface area contributed by atoms with Crippen molar-refractivity contribution in [1.82, 2.24) is 9.88 Å². The fourth-order valence-electron chi connectivity index (χ4n) is 2.88. The van der Waals surface area contributed by atoms with E-state index < -0.39 is 11.7 Å². The van der Waals surface area contributed by atoms with Crippen LogP contribution in [-0.2, 0) is 12.6 Å². The van der Waals surface area contributed by atoms with E-state index in [2.05, 4.69) is 22.0 Å². The van der Waals surface area contributed by atoms with Gasteiger partial charge < -0.3 is 0 Å². The molecule has 0 unspecified atom stereocenters. The summed E-state index contributed by atoms with van der Waals surface area (Å²) in [7, 11) is 0. The third-order valence-corrected chi connectivity index (χ3v) is 4.32. The fourth-order valence-corrected chi connectivity index (χ4v) is 2.88. The highest BCUT2D eigenvalue weighted by molar-refractivity contribution is 5.66. The minimum absolute atomic E-state index is 0.597. The second-order valence-corrected chi connectivity index (χ2v) is 5.97. The van der Waals surface area contributed by atoms with Gasteiger partial charge in [0, 0.05) is 32.0 Å². The summed E-state index contributed by atoms with van der Waals surface area (Å²) in [6.07, 6.45) is 3.31. The molecule has 0 atom stereocenters. The quantitative estimate of drug-likeness (QED) is 0.823. The average Bonchev–Trinajstić information content (AvgIpc) is 2.61. The van der Waals surface area contributed by atoms with Crippen LogP contribution in [0, 0.1) is 0 Å². The number of hydrogen-bond donors (Lipinski definition) is 0. The van der Waals surface area contributed by atoms with E-state index >= 15 is 0 Å². The summed E-state index contributed by atoms with van der Waals surface area (Å²) in [5, 5.41) is 0. The molecule has 0 saturated heterocycles. The molecule has 0 radical (unpaired) electrons. The zero-order chi connectivity index (χ0) is 17.0. The van der Waals surface area contributed by atoms with E-state index in [4.69, 9.17) is 0 Å². The van der Waals surface area contributed by atoms with E-state index in [0.717, 1.165) is 55.7 Å². The van der Waals surface area contributed by atoms with E-state index in [0.29, 0.717) is 0 Å². The number of pyridine rings is 1. The maximum absolute atomic E-state index is 12.6. The van der Waals surface area contributed by atoms with Crippen molar-refractivity contribution >= 4 is 5.57 Å². The highest BCUT2D eigenvalue weighted by Gasteiger charge is 2.30. The normalized spacial score (nSPS) is 16.0. The van der Waals surface area contributed by atoms with Gasteiger partial charge in [0.25, 0.3) is 0 Å². The van der Waals surface area contributed by atoms with Gasteiger partial charge >= 0.3 is 6.18 Å². The lowest BCUT2D eigenvalue weighted by Gasteiger charge is -2.26. The van der Waals surface area contributed by atoms with Crippen molar-refractivity contribution < 1.29 is 13.2 Å². The van der Waals surface area contributed by atoms with Gasteiger partial charge in [0.1, 0.15) is 0 Å². The molecule has 3 rings (SSSR count). The van der Waals surface area contributed by atoms with E-state index in [1.54, 1.807) is 18.3 Å². The number of alkyl halides is 3.